The number of carbonyl (C=O) groups excluding carboxylic acids is 1. The molecule has 0 aromatic rings. The summed E-state index contributed by atoms with van der Waals surface area (Å²) in [5.41, 5.74) is -0.771. The molecule has 0 amide bonds. The normalized spacial score (nSPS) is 52.4. The summed E-state index contributed by atoms with van der Waals surface area (Å²) >= 11 is 0. The van der Waals surface area contributed by atoms with Gasteiger partial charge in [-0.3, -0.25) is 4.79 Å². The minimum atomic E-state index is -4.30. The standard InChI is InChI=1S/C30H40F4O6/c1-2-23-24(40-30(39-23)19-4-16-3-17(6-19)7-20(30)5-16)13-36-25(35)26-10-18-8-21(11-26)29(22(9-18)12-26)37-14-27(31,32)28(33,34)15-38-29/h16-24H,2-15H2,1H3. The summed E-state index contributed by atoms with van der Waals surface area (Å²) in [6, 6.07) is 0. The first-order chi connectivity index (χ1) is 19.0. The van der Waals surface area contributed by atoms with E-state index < -0.39 is 53.9 Å². The third-order valence-corrected chi connectivity index (χ3v) is 12.4. The monoisotopic (exact) mass is 572 g/mol. The predicted octanol–water partition coefficient (Wildman–Crippen LogP) is 5.72. The summed E-state index contributed by atoms with van der Waals surface area (Å²) in [6.45, 7) is -0.546. The van der Waals surface area contributed by atoms with Gasteiger partial charge in [-0.25, -0.2) is 0 Å². The van der Waals surface area contributed by atoms with Crippen LogP contribution in [0.5, 0.6) is 0 Å². The highest BCUT2D eigenvalue weighted by Gasteiger charge is 2.71. The molecule has 4 atom stereocenters. The van der Waals surface area contributed by atoms with Crippen molar-refractivity contribution in [3.8, 4) is 0 Å². The highest BCUT2D eigenvalue weighted by Crippen LogP contribution is 2.66. The van der Waals surface area contributed by atoms with Gasteiger partial charge in [-0.2, -0.15) is 17.6 Å². The topological polar surface area (TPSA) is 63.2 Å². The Morgan fingerprint density at radius 2 is 1.23 bits per heavy atom. The van der Waals surface area contributed by atoms with Gasteiger partial charge in [-0.15, -0.1) is 0 Å². The Hall–Kier alpha value is -0.970. The maximum Gasteiger partial charge on any atom is 0.335 e. The van der Waals surface area contributed by atoms with Crippen LogP contribution >= 0.6 is 0 Å². The molecule has 2 heterocycles. The van der Waals surface area contributed by atoms with Crippen LogP contribution in [0.4, 0.5) is 17.6 Å². The molecule has 2 saturated heterocycles. The van der Waals surface area contributed by atoms with E-state index in [0.29, 0.717) is 43.9 Å². The second kappa shape index (κ2) is 8.56. The highest BCUT2D eigenvalue weighted by molar-refractivity contribution is 5.77. The predicted molar refractivity (Wildman–Crippen MR) is 131 cm³/mol. The first kappa shape index (κ1) is 26.6. The van der Waals surface area contributed by atoms with Crippen molar-refractivity contribution in [2.75, 3.05) is 19.8 Å². The molecule has 0 N–H and O–H groups in total. The van der Waals surface area contributed by atoms with Crippen molar-refractivity contribution in [3.63, 3.8) is 0 Å². The SMILES string of the molecule is CCC1OC2(OC1COC(=O)C13CC4CC(C1)C1(OCC(F)(F)C(F)(F)CO1)C(C4)C3)C1CC3CC(C1)CC2C3. The molecule has 4 unspecified atom stereocenters. The first-order valence-electron chi connectivity index (χ1n) is 15.5. The highest BCUT2D eigenvalue weighted by atomic mass is 19.3. The molecule has 0 radical (unpaired) electrons. The Kier molecular flexibility index (Phi) is 5.70. The number of hydrogen-bond acceptors (Lipinski definition) is 6. The van der Waals surface area contributed by atoms with Gasteiger partial charge in [-0.05, 0) is 88.4 Å². The Morgan fingerprint density at radius 3 is 1.77 bits per heavy atom. The fraction of sp³-hybridized carbons (Fsp3) is 0.967. The summed E-state index contributed by atoms with van der Waals surface area (Å²) in [5, 5.41) is 0. The molecule has 2 aliphatic heterocycles. The summed E-state index contributed by atoms with van der Waals surface area (Å²) in [5.74, 6) is -9.13. The lowest BCUT2D eigenvalue weighted by Crippen LogP contribution is -2.65. The second-order valence-corrected chi connectivity index (χ2v) is 14.7. The van der Waals surface area contributed by atoms with Crippen molar-refractivity contribution < 1.29 is 46.0 Å². The lowest BCUT2D eigenvalue weighted by atomic mass is 9.47. The van der Waals surface area contributed by atoms with Crippen molar-refractivity contribution in [2.45, 2.75) is 113 Å². The smallest absolute Gasteiger partial charge is 0.335 e. The zero-order chi connectivity index (χ0) is 27.7. The summed E-state index contributed by atoms with van der Waals surface area (Å²) in [4.78, 5) is 13.8. The van der Waals surface area contributed by atoms with Gasteiger partial charge in [0.05, 0.1) is 11.5 Å². The summed E-state index contributed by atoms with van der Waals surface area (Å²) in [7, 11) is 0. The largest absolute Gasteiger partial charge is 0.462 e. The van der Waals surface area contributed by atoms with Gasteiger partial charge < -0.3 is 23.7 Å². The molecule has 2 spiro atoms. The van der Waals surface area contributed by atoms with E-state index in [4.69, 9.17) is 23.7 Å². The van der Waals surface area contributed by atoms with Gasteiger partial charge in [-0.1, -0.05) is 6.92 Å². The Morgan fingerprint density at radius 1 is 0.700 bits per heavy atom. The van der Waals surface area contributed by atoms with Gasteiger partial charge in [0.1, 0.15) is 25.9 Å². The average Bonchev–Trinajstić information content (AvgIpc) is 3.24. The van der Waals surface area contributed by atoms with E-state index in [1.54, 1.807) is 0 Å². The molecule has 10 fully saturated rings. The van der Waals surface area contributed by atoms with E-state index in [2.05, 4.69) is 6.92 Å². The first-order valence-corrected chi connectivity index (χ1v) is 15.5. The molecule has 10 heteroatoms. The number of ether oxygens (including phenoxy) is 5. The third-order valence-electron chi connectivity index (χ3n) is 12.4. The number of esters is 1. The quantitative estimate of drug-likeness (QED) is 0.318. The average molecular weight is 573 g/mol. The Labute approximate surface area is 232 Å². The molecule has 8 bridgehead atoms. The van der Waals surface area contributed by atoms with Crippen molar-refractivity contribution in [1.29, 1.82) is 0 Å². The molecule has 40 heavy (non-hydrogen) atoms. The molecule has 6 nitrogen and oxygen atoms in total. The van der Waals surface area contributed by atoms with Crippen molar-refractivity contribution in [2.24, 2.45) is 46.8 Å². The maximum absolute atomic E-state index is 14.1. The Bertz CT molecular complexity index is 1000. The molecular formula is C30H40F4O6. The molecule has 224 valence electrons. The van der Waals surface area contributed by atoms with Crippen LogP contribution in [-0.4, -0.2) is 61.4 Å². The zero-order valence-electron chi connectivity index (χ0n) is 23.1. The van der Waals surface area contributed by atoms with E-state index in [9.17, 15) is 22.4 Å². The number of alkyl halides is 4. The van der Waals surface area contributed by atoms with Crippen LogP contribution in [0, 0.1) is 46.8 Å². The van der Waals surface area contributed by atoms with Gasteiger partial charge in [0.15, 0.2) is 11.6 Å². The van der Waals surface area contributed by atoms with E-state index in [0.717, 1.165) is 43.9 Å². The van der Waals surface area contributed by atoms with Crippen LogP contribution in [0.15, 0.2) is 0 Å². The van der Waals surface area contributed by atoms with Crippen molar-refractivity contribution in [3.05, 3.63) is 0 Å². The minimum absolute atomic E-state index is 0.124. The minimum Gasteiger partial charge on any atom is -0.462 e. The zero-order valence-corrected chi connectivity index (χ0v) is 23.1. The van der Waals surface area contributed by atoms with Crippen LogP contribution < -0.4 is 0 Å². The van der Waals surface area contributed by atoms with Crippen LogP contribution in [-0.2, 0) is 28.5 Å². The second-order valence-electron chi connectivity index (χ2n) is 14.7. The van der Waals surface area contributed by atoms with Crippen LogP contribution in [0.1, 0.15) is 77.6 Å². The van der Waals surface area contributed by atoms with E-state index in [1.807, 2.05) is 0 Å². The van der Waals surface area contributed by atoms with Crippen LogP contribution in [0.25, 0.3) is 0 Å². The van der Waals surface area contributed by atoms with Gasteiger partial charge in [0.25, 0.3) is 0 Å². The lowest BCUT2D eigenvalue weighted by Gasteiger charge is -2.62. The molecule has 0 aromatic heterocycles. The molecule has 10 aliphatic rings. The van der Waals surface area contributed by atoms with Gasteiger partial charge in [0.2, 0.25) is 0 Å². The van der Waals surface area contributed by atoms with E-state index in [-0.39, 0.29) is 30.7 Å². The molecule has 8 saturated carbocycles. The number of carbonyl (C=O) groups is 1. The maximum atomic E-state index is 14.1. The van der Waals surface area contributed by atoms with Crippen LogP contribution in [0.3, 0.4) is 0 Å². The fourth-order valence-electron chi connectivity index (χ4n) is 11.0. The van der Waals surface area contributed by atoms with Gasteiger partial charge >= 0.3 is 17.8 Å². The number of halogens is 4. The van der Waals surface area contributed by atoms with E-state index in [1.165, 1.54) is 6.42 Å². The fourth-order valence-corrected chi connectivity index (χ4v) is 11.0. The molecule has 8 aliphatic carbocycles. The molecule has 0 aromatic carbocycles. The summed E-state index contributed by atoms with van der Waals surface area (Å²) < 4.78 is 87.2. The summed E-state index contributed by atoms with van der Waals surface area (Å²) in [6.07, 6.45) is 8.90. The molecular weight excluding hydrogens is 532 g/mol. The van der Waals surface area contributed by atoms with Crippen molar-refractivity contribution in [1.82, 2.24) is 0 Å². The van der Waals surface area contributed by atoms with Crippen LogP contribution in [0.2, 0.25) is 0 Å². The number of rotatable bonds is 4. The number of hydrogen-bond donors (Lipinski definition) is 0. The van der Waals surface area contributed by atoms with Gasteiger partial charge in [0, 0.05) is 23.7 Å². The van der Waals surface area contributed by atoms with E-state index >= 15 is 0 Å². The third kappa shape index (κ3) is 3.57. The molecule has 10 rings (SSSR count). The lowest BCUT2D eigenvalue weighted by molar-refractivity contribution is -0.346. The Balaban J connectivity index is 0.968. The van der Waals surface area contributed by atoms with Crippen molar-refractivity contribution >= 4 is 5.97 Å².